The van der Waals surface area contributed by atoms with Gasteiger partial charge in [-0.3, -0.25) is 4.79 Å². The Labute approximate surface area is 107 Å². The molecule has 0 radical (unpaired) electrons. The first-order chi connectivity index (χ1) is 7.66. The van der Waals surface area contributed by atoms with E-state index in [0.717, 1.165) is 17.3 Å². The van der Waals surface area contributed by atoms with E-state index in [1.807, 2.05) is 6.07 Å². The highest BCUT2D eigenvalue weighted by Crippen LogP contribution is 2.26. The molecule has 1 saturated heterocycles. The molecular formula is C11H11BrClNO2. The molecule has 86 valence electrons. The van der Waals surface area contributed by atoms with Crippen LogP contribution < -0.4 is 5.32 Å². The van der Waals surface area contributed by atoms with E-state index in [1.165, 1.54) is 0 Å². The van der Waals surface area contributed by atoms with Crippen LogP contribution in [0.1, 0.15) is 12.8 Å². The summed E-state index contributed by atoms with van der Waals surface area (Å²) in [6.45, 7) is 0.659. The van der Waals surface area contributed by atoms with E-state index < -0.39 is 0 Å². The molecule has 1 atom stereocenters. The van der Waals surface area contributed by atoms with Crippen molar-refractivity contribution >= 4 is 39.1 Å². The van der Waals surface area contributed by atoms with Gasteiger partial charge in [-0.25, -0.2) is 0 Å². The number of ether oxygens (including phenoxy) is 1. The normalized spacial score (nSPS) is 19.8. The first kappa shape index (κ1) is 11.9. The number of halogens is 2. The fourth-order valence-corrected chi connectivity index (χ4v) is 2.31. The van der Waals surface area contributed by atoms with Crippen LogP contribution in [0.5, 0.6) is 0 Å². The minimum atomic E-state index is -0.334. The van der Waals surface area contributed by atoms with Crippen molar-refractivity contribution in [3.8, 4) is 0 Å². The summed E-state index contributed by atoms with van der Waals surface area (Å²) in [5.74, 6) is -0.123. The fraction of sp³-hybridized carbons (Fsp3) is 0.364. The lowest BCUT2D eigenvalue weighted by Crippen LogP contribution is -2.26. The molecule has 3 nitrogen and oxygen atoms in total. The molecule has 1 amide bonds. The molecular weight excluding hydrogens is 293 g/mol. The van der Waals surface area contributed by atoms with Gasteiger partial charge in [0.15, 0.2) is 0 Å². The molecule has 0 saturated carbocycles. The highest BCUT2D eigenvalue weighted by atomic mass is 79.9. The molecule has 1 unspecified atom stereocenters. The van der Waals surface area contributed by atoms with E-state index in [9.17, 15) is 4.79 Å². The highest BCUT2D eigenvalue weighted by Gasteiger charge is 2.23. The van der Waals surface area contributed by atoms with Gasteiger partial charge in [-0.05, 0) is 31.0 Å². The Balaban J connectivity index is 2.05. The number of hydrogen-bond acceptors (Lipinski definition) is 2. The van der Waals surface area contributed by atoms with Crippen molar-refractivity contribution in [3.05, 3.63) is 27.7 Å². The van der Waals surface area contributed by atoms with Crippen LogP contribution in [0.4, 0.5) is 5.69 Å². The lowest BCUT2D eigenvalue weighted by molar-refractivity contribution is -0.124. The van der Waals surface area contributed by atoms with Crippen molar-refractivity contribution in [2.45, 2.75) is 18.9 Å². The SMILES string of the molecule is O=C(Nc1ccc(Br)cc1Cl)C1CCCO1. The zero-order valence-electron chi connectivity index (χ0n) is 8.50. The van der Waals surface area contributed by atoms with Crippen LogP contribution in [0, 0.1) is 0 Å². The van der Waals surface area contributed by atoms with Crippen molar-refractivity contribution in [3.63, 3.8) is 0 Å². The van der Waals surface area contributed by atoms with Gasteiger partial charge >= 0.3 is 0 Å². The molecule has 16 heavy (non-hydrogen) atoms. The molecule has 2 rings (SSSR count). The average Bonchev–Trinajstić information content (AvgIpc) is 2.75. The van der Waals surface area contributed by atoms with Crippen LogP contribution in [0.25, 0.3) is 0 Å². The molecule has 1 fully saturated rings. The number of hydrogen-bond donors (Lipinski definition) is 1. The zero-order valence-corrected chi connectivity index (χ0v) is 10.8. The second-order valence-corrected chi connectivity index (χ2v) is 4.94. The third-order valence-corrected chi connectivity index (χ3v) is 3.22. The Kier molecular flexibility index (Phi) is 3.84. The van der Waals surface area contributed by atoms with Gasteiger partial charge in [0.2, 0.25) is 0 Å². The first-order valence-corrected chi connectivity index (χ1v) is 6.21. The van der Waals surface area contributed by atoms with Crippen LogP contribution in [0.2, 0.25) is 5.02 Å². The van der Waals surface area contributed by atoms with Crippen molar-refractivity contribution in [1.29, 1.82) is 0 Å². The van der Waals surface area contributed by atoms with Gasteiger partial charge in [0, 0.05) is 11.1 Å². The molecule has 0 bridgehead atoms. The molecule has 5 heteroatoms. The van der Waals surface area contributed by atoms with Gasteiger partial charge in [-0.2, -0.15) is 0 Å². The number of anilines is 1. The molecule has 0 aliphatic carbocycles. The van der Waals surface area contributed by atoms with Crippen LogP contribution in [0.3, 0.4) is 0 Å². The molecule has 1 aliphatic heterocycles. The van der Waals surface area contributed by atoms with Gasteiger partial charge in [0.25, 0.3) is 5.91 Å². The summed E-state index contributed by atoms with van der Waals surface area (Å²) in [5, 5.41) is 3.28. The van der Waals surface area contributed by atoms with Crippen LogP contribution in [-0.4, -0.2) is 18.6 Å². The summed E-state index contributed by atoms with van der Waals surface area (Å²) in [5.41, 5.74) is 0.616. The predicted octanol–water partition coefficient (Wildman–Crippen LogP) is 3.22. The third-order valence-electron chi connectivity index (χ3n) is 2.41. The predicted molar refractivity (Wildman–Crippen MR) is 66.8 cm³/mol. The smallest absolute Gasteiger partial charge is 0.253 e. The summed E-state index contributed by atoms with van der Waals surface area (Å²) >= 11 is 9.30. The number of rotatable bonds is 2. The summed E-state index contributed by atoms with van der Waals surface area (Å²) in [6.07, 6.45) is 1.38. The highest BCUT2D eigenvalue weighted by molar-refractivity contribution is 9.10. The van der Waals surface area contributed by atoms with Crippen molar-refractivity contribution < 1.29 is 9.53 Å². The Bertz CT molecular complexity index is 405. The quantitative estimate of drug-likeness (QED) is 0.911. The van der Waals surface area contributed by atoms with Crippen LogP contribution in [0.15, 0.2) is 22.7 Å². The molecule has 0 spiro atoms. The number of benzene rings is 1. The minimum Gasteiger partial charge on any atom is -0.368 e. The maximum atomic E-state index is 11.7. The Morgan fingerprint density at radius 3 is 3.00 bits per heavy atom. The van der Waals surface area contributed by atoms with Gasteiger partial charge in [0.1, 0.15) is 6.10 Å². The van der Waals surface area contributed by atoms with Gasteiger partial charge < -0.3 is 10.1 Å². The number of carbonyl (C=O) groups is 1. The van der Waals surface area contributed by atoms with Crippen LogP contribution >= 0.6 is 27.5 Å². The lowest BCUT2D eigenvalue weighted by atomic mass is 10.2. The molecule has 1 N–H and O–H groups in total. The molecule has 1 aromatic carbocycles. The molecule has 1 heterocycles. The summed E-state index contributed by atoms with van der Waals surface area (Å²) in [6, 6.07) is 5.34. The topological polar surface area (TPSA) is 38.3 Å². The number of amides is 1. The summed E-state index contributed by atoms with van der Waals surface area (Å²) in [7, 11) is 0. The van der Waals surface area contributed by atoms with Crippen LogP contribution in [-0.2, 0) is 9.53 Å². The fourth-order valence-electron chi connectivity index (χ4n) is 1.59. The molecule has 1 aromatic rings. The minimum absolute atomic E-state index is 0.123. The van der Waals surface area contributed by atoms with E-state index in [4.69, 9.17) is 16.3 Å². The maximum Gasteiger partial charge on any atom is 0.253 e. The van der Waals surface area contributed by atoms with E-state index in [1.54, 1.807) is 12.1 Å². The number of nitrogens with one attached hydrogen (secondary N) is 1. The largest absolute Gasteiger partial charge is 0.368 e. The lowest BCUT2D eigenvalue weighted by Gasteiger charge is -2.11. The van der Waals surface area contributed by atoms with Gasteiger partial charge in [-0.1, -0.05) is 27.5 Å². The Hall–Kier alpha value is -0.580. The maximum absolute atomic E-state index is 11.7. The van der Waals surface area contributed by atoms with E-state index in [2.05, 4.69) is 21.2 Å². The van der Waals surface area contributed by atoms with Crippen molar-refractivity contribution in [2.75, 3.05) is 11.9 Å². The first-order valence-electron chi connectivity index (χ1n) is 5.04. The summed E-state index contributed by atoms with van der Waals surface area (Å²) < 4.78 is 6.17. The third kappa shape index (κ3) is 2.75. The standard InChI is InChI=1S/C11H11BrClNO2/c12-7-3-4-9(8(13)6-7)14-11(15)10-2-1-5-16-10/h3-4,6,10H,1-2,5H2,(H,14,15). The van der Waals surface area contributed by atoms with Gasteiger partial charge in [0.05, 0.1) is 10.7 Å². The average molecular weight is 305 g/mol. The zero-order chi connectivity index (χ0) is 11.5. The second-order valence-electron chi connectivity index (χ2n) is 3.62. The van der Waals surface area contributed by atoms with E-state index in [0.29, 0.717) is 17.3 Å². The monoisotopic (exact) mass is 303 g/mol. The number of carbonyl (C=O) groups excluding carboxylic acids is 1. The van der Waals surface area contributed by atoms with Crippen molar-refractivity contribution in [1.82, 2.24) is 0 Å². The molecule has 0 aromatic heterocycles. The summed E-state index contributed by atoms with van der Waals surface area (Å²) in [4.78, 5) is 11.7. The van der Waals surface area contributed by atoms with Crippen molar-refractivity contribution in [2.24, 2.45) is 0 Å². The second kappa shape index (κ2) is 5.17. The van der Waals surface area contributed by atoms with E-state index >= 15 is 0 Å². The Morgan fingerprint density at radius 1 is 1.56 bits per heavy atom. The Morgan fingerprint density at radius 2 is 2.38 bits per heavy atom. The van der Waals surface area contributed by atoms with Gasteiger partial charge in [-0.15, -0.1) is 0 Å². The van der Waals surface area contributed by atoms with E-state index in [-0.39, 0.29) is 12.0 Å². The molecule has 1 aliphatic rings.